The third kappa shape index (κ3) is 4.32. The van der Waals surface area contributed by atoms with E-state index in [1.807, 2.05) is 0 Å². The molecule has 0 heterocycles. The number of rotatable bonds is 6. The largest absolute Gasteiger partial charge is 0.315 e. The lowest BCUT2D eigenvalue weighted by molar-refractivity contribution is 0.204. The number of hydrogen-bond donors (Lipinski definition) is 1. The Labute approximate surface area is 107 Å². The highest BCUT2D eigenvalue weighted by Crippen LogP contribution is 2.38. The molecule has 2 nitrogen and oxygen atoms in total. The monoisotopic (exact) mass is 236 g/mol. The van der Waals surface area contributed by atoms with Crippen LogP contribution in [0.3, 0.4) is 0 Å². The molecule has 0 aromatic rings. The lowest BCUT2D eigenvalue weighted by Gasteiger charge is -2.32. The van der Waals surface area contributed by atoms with Gasteiger partial charge in [-0.15, -0.1) is 0 Å². The van der Waals surface area contributed by atoms with Crippen molar-refractivity contribution in [3.63, 3.8) is 0 Å². The molecular formula is C15H28N2. The molecule has 0 amide bonds. The van der Waals surface area contributed by atoms with Gasteiger partial charge < -0.3 is 5.32 Å². The summed E-state index contributed by atoms with van der Waals surface area (Å²) in [5.74, 6) is 1.46. The third-order valence-electron chi connectivity index (χ3n) is 4.38. The second-order valence-electron chi connectivity index (χ2n) is 6.58. The first-order valence-corrected chi connectivity index (χ1v) is 7.07. The predicted molar refractivity (Wildman–Crippen MR) is 72.5 cm³/mol. The standard InChI is InChI=1S/C15H28N2/c1-12(2)13(9-16)10-17-11-15(3,4)14-7-5-6-8-14/h12-14,17H,5-8,10-11H2,1-4H3. The molecule has 98 valence electrons. The first-order chi connectivity index (χ1) is 7.97. The molecule has 1 aliphatic rings. The maximum atomic E-state index is 9.05. The first kappa shape index (κ1) is 14.5. The second-order valence-corrected chi connectivity index (χ2v) is 6.58. The highest BCUT2D eigenvalue weighted by Gasteiger charge is 2.31. The van der Waals surface area contributed by atoms with Crippen molar-refractivity contribution >= 4 is 0 Å². The quantitative estimate of drug-likeness (QED) is 0.765. The summed E-state index contributed by atoms with van der Waals surface area (Å²) >= 11 is 0. The van der Waals surface area contributed by atoms with Crippen molar-refractivity contribution in [2.45, 2.75) is 53.4 Å². The van der Waals surface area contributed by atoms with Crippen molar-refractivity contribution in [2.75, 3.05) is 13.1 Å². The maximum Gasteiger partial charge on any atom is 0.0671 e. The van der Waals surface area contributed by atoms with E-state index in [0.29, 0.717) is 11.3 Å². The molecule has 0 bridgehead atoms. The van der Waals surface area contributed by atoms with E-state index < -0.39 is 0 Å². The smallest absolute Gasteiger partial charge is 0.0671 e. The van der Waals surface area contributed by atoms with E-state index in [2.05, 4.69) is 39.1 Å². The summed E-state index contributed by atoms with van der Waals surface area (Å²) in [6.07, 6.45) is 5.59. The molecule has 17 heavy (non-hydrogen) atoms. The van der Waals surface area contributed by atoms with E-state index in [1.54, 1.807) is 0 Å². The van der Waals surface area contributed by atoms with Gasteiger partial charge in [-0.1, -0.05) is 40.5 Å². The topological polar surface area (TPSA) is 35.8 Å². The van der Waals surface area contributed by atoms with E-state index in [4.69, 9.17) is 5.26 Å². The average molecular weight is 236 g/mol. The van der Waals surface area contributed by atoms with Gasteiger partial charge in [-0.2, -0.15) is 5.26 Å². The van der Waals surface area contributed by atoms with Crippen molar-refractivity contribution in [3.05, 3.63) is 0 Å². The SMILES string of the molecule is CC(C)C(C#N)CNCC(C)(C)C1CCCC1. The van der Waals surface area contributed by atoms with Crippen molar-refractivity contribution < 1.29 is 0 Å². The number of nitriles is 1. The maximum absolute atomic E-state index is 9.05. The highest BCUT2D eigenvalue weighted by molar-refractivity contribution is 4.89. The van der Waals surface area contributed by atoms with Crippen LogP contribution in [-0.2, 0) is 0 Å². The molecule has 2 heteroatoms. The van der Waals surface area contributed by atoms with Crippen molar-refractivity contribution in [2.24, 2.45) is 23.2 Å². The summed E-state index contributed by atoms with van der Waals surface area (Å²) in [5.41, 5.74) is 0.382. The minimum absolute atomic E-state index is 0.148. The van der Waals surface area contributed by atoms with Gasteiger partial charge in [0.05, 0.1) is 12.0 Å². The summed E-state index contributed by atoms with van der Waals surface area (Å²) in [6, 6.07) is 2.39. The summed E-state index contributed by atoms with van der Waals surface area (Å²) in [4.78, 5) is 0. The highest BCUT2D eigenvalue weighted by atomic mass is 14.9. The van der Waals surface area contributed by atoms with Crippen LogP contribution in [0.15, 0.2) is 0 Å². The van der Waals surface area contributed by atoms with Crippen molar-refractivity contribution in [1.29, 1.82) is 5.26 Å². The predicted octanol–water partition coefficient (Wildman–Crippen LogP) is 3.59. The Morgan fingerprint density at radius 3 is 2.35 bits per heavy atom. The van der Waals surface area contributed by atoms with Gasteiger partial charge in [-0.25, -0.2) is 0 Å². The Morgan fingerprint density at radius 1 is 1.29 bits per heavy atom. The van der Waals surface area contributed by atoms with Crippen molar-refractivity contribution in [3.8, 4) is 6.07 Å². The minimum atomic E-state index is 0.148. The Bertz CT molecular complexity index is 257. The van der Waals surface area contributed by atoms with Crippen LogP contribution in [0, 0.1) is 34.5 Å². The average Bonchev–Trinajstić information content (AvgIpc) is 2.77. The van der Waals surface area contributed by atoms with E-state index in [-0.39, 0.29) is 5.92 Å². The van der Waals surface area contributed by atoms with Crippen LogP contribution in [0.2, 0.25) is 0 Å². The van der Waals surface area contributed by atoms with Gasteiger partial charge in [0.25, 0.3) is 0 Å². The Balaban J connectivity index is 2.32. The van der Waals surface area contributed by atoms with Gasteiger partial charge in [-0.3, -0.25) is 0 Å². The molecule has 0 spiro atoms. The van der Waals surface area contributed by atoms with Crippen LogP contribution in [0.25, 0.3) is 0 Å². The molecule has 1 unspecified atom stereocenters. The molecular weight excluding hydrogens is 208 g/mol. The van der Waals surface area contributed by atoms with Crippen LogP contribution < -0.4 is 5.32 Å². The zero-order chi connectivity index (χ0) is 12.9. The van der Waals surface area contributed by atoms with Crippen LogP contribution >= 0.6 is 0 Å². The zero-order valence-electron chi connectivity index (χ0n) is 11.9. The van der Waals surface area contributed by atoms with Crippen LogP contribution in [0.5, 0.6) is 0 Å². The molecule has 1 N–H and O–H groups in total. The molecule has 0 saturated heterocycles. The Kier molecular flexibility index (Phi) is 5.46. The van der Waals surface area contributed by atoms with Crippen LogP contribution in [0.4, 0.5) is 0 Å². The fourth-order valence-electron chi connectivity index (χ4n) is 2.83. The zero-order valence-corrected chi connectivity index (χ0v) is 11.9. The van der Waals surface area contributed by atoms with E-state index in [0.717, 1.165) is 19.0 Å². The minimum Gasteiger partial charge on any atom is -0.315 e. The Hall–Kier alpha value is -0.550. The van der Waals surface area contributed by atoms with Gasteiger partial charge in [0.1, 0.15) is 0 Å². The van der Waals surface area contributed by atoms with E-state index >= 15 is 0 Å². The van der Waals surface area contributed by atoms with E-state index in [9.17, 15) is 0 Å². The van der Waals surface area contributed by atoms with Crippen LogP contribution in [-0.4, -0.2) is 13.1 Å². The molecule has 0 aromatic carbocycles. The molecule has 1 atom stereocenters. The molecule has 1 fully saturated rings. The fourth-order valence-corrected chi connectivity index (χ4v) is 2.83. The number of hydrogen-bond acceptors (Lipinski definition) is 2. The second kappa shape index (κ2) is 6.40. The first-order valence-electron chi connectivity index (χ1n) is 7.07. The number of nitrogens with one attached hydrogen (secondary N) is 1. The van der Waals surface area contributed by atoms with Crippen molar-refractivity contribution in [1.82, 2.24) is 5.32 Å². The molecule has 1 rings (SSSR count). The molecule has 0 aliphatic heterocycles. The van der Waals surface area contributed by atoms with Gasteiger partial charge in [0, 0.05) is 13.1 Å². The van der Waals surface area contributed by atoms with Crippen LogP contribution in [0.1, 0.15) is 53.4 Å². The van der Waals surface area contributed by atoms with Gasteiger partial charge in [-0.05, 0) is 30.1 Å². The van der Waals surface area contributed by atoms with Gasteiger partial charge in [0.2, 0.25) is 0 Å². The van der Waals surface area contributed by atoms with E-state index in [1.165, 1.54) is 25.7 Å². The molecule has 1 aliphatic carbocycles. The summed E-state index contributed by atoms with van der Waals surface area (Å²) in [5, 5.41) is 12.6. The molecule has 1 saturated carbocycles. The normalized spacial score (nSPS) is 19.5. The summed E-state index contributed by atoms with van der Waals surface area (Å²) < 4.78 is 0. The lowest BCUT2D eigenvalue weighted by atomic mass is 9.77. The van der Waals surface area contributed by atoms with Gasteiger partial charge in [0.15, 0.2) is 0 Å². The Morgan fingerprint density at radius 2 is 1.88 bits per heavy atom. The lowest BCUT2D eigenvalue weighted by Crippen LogP contribution is -2.37. The molecule has 0 radical (unpaired) electrons. The van der Waals surface area contributed by atoms with Gasteiger partial charge >= 0.3 is 0 Å². The fraction of sp³-hybridized carbons (Fsp3) is 0.933. The summed E-state index contributed by atoms with van der Waals surface area (Å²) in [7, 11) is 0. The third-order valence-corrected chi connectivity index (χ3v) is 4.38. The molecule has 0 aromatic heterocycles. The number of nitrogens with zero attached hydrogens (tertiary/aromatic N) is 1. The summed E-state index contributed by atoms with van der Waals surface area (Å²) in [6.45, 7) is 10.9.